The molecule has 0 saturated carbocycles. The van der Waals surface area contributed by atoms with Crippen LogP contribution < -0.4 is 10.6 Å². The lowest BCUT2D eigenvalue weighted by atomic mass is 10.3. The van der Waals surface area contributed by atoms with Gasteiger partial charge in [-0.15, -0.1) is 0 Å². The highest BCUT2D eigenvalue weighted by Gasteiger charge is 2.28. The Kier molecular flexibility index (Phi) is 2.21. The zero-order valence-corrected chi connectivity index (χ0v) is 8.10. The molecule has 74 valence electrons. The van der Waals surface area contributed by atoms with Crippen LogP contribution in [0.3, 0.4) is 0 Å². The molecule has 1 atom stereocenters. The summed E-state index contributed by atoms with van der Waals surface area (Å²) < 4.78 is 0. The van der Waals surface area contributed by atoms with Gasteiger partial charge in [-0.2, -0.15) is 0 Å². The maximum absolute atomic E-state index is 11.5. The molecular formula is C10H13N3O. The second-order valence-corrected chi connectivity index (χ2v) is 3.61. The maximum Gasteiger partial charge on any atom is 0.229 e. The van der Waals surface area contributed by atoms with Gasteiger partial charge in [0.15, 0.2) is 0 Å². The minimum absolute atomic E-state index is 0.0511. The molecule has 1 saturated heterocycles. The minimum Gasteiger partial charge on any atom is -0.326 e. The fourth-order valence-corrected chi connectivity index (χ4v) is 1.64. The molecule has 1 unspecified atom stereocenters. The first-order valence-electron chi connectivity index (χ1n) is 4.66. The number of rotatable bonds is 1. The molecule has 0 spiro atoms. The van der Waals surface area contributed by atoms with Crippen molar-refractivity contribution in [1.29, 1.82) is 0 Å². The molecule has 0 aliphatic carbocycles. The van der Waals surface area contributed by atoms with Crippen LogP contribution >= 0.6 is 0 Å². The minimum atomic E-state index is -0.0511. The summed E-state index contributed by atoms with van der Waals surface area (Å²) in [5, 5.41) is 0. The summed E-state index contributed by atoms with van der Waals surface area (Å²) in [5.74, 6) is 0.776. The molecule has 1 fully saturated rings. The standard InChI is InChI=1S/C10H13N3O/c1-7-3-2-4-9(12-7)13-6-8(11)5-10(13)14/h2-4,8H,5-6,11H2,1H3. The third-order valence-corrected chi connectivity index (χ3v) is 2.31. The van der Waals surface area contributed by atoms with E-state index in [-0.39, 0.29) is 11.9 Å². The molecule has 0 bridgehead atoms. The van der Waals surface area contributed by atoms with E-state index in [2.05, 4.69) is 4.98 Å². The van der Waals surface area contributed by atoms with E-state index in [0.717, 1.165) is 5.69 Å². The van der Waals surface area contributed by atoms with Crippen molar-refractivity contribution in [2.24, 2.45) is 5.73 Å². The first kappa shape index (κ1) is 9.15. The average Bonchev–Trinajstić information content (AvgIpc) is 2.45. The largest absolute Gasteiger partial charge is 0.326 e. The van der Waals surface area contributed by atoms with Gasteiger partial charge < -0.3 is 5.73 Å². The normalized spacial score (nSPS) is 21.7. The summed E-state index contributed by atoms with van der Waals surface area (Å²) in [6.07, 6.45) is 0.426. The van der Waals surface area contributed by atoms with Crippen LogP contribution in [0.15, 0.2) is 18.2 Å². The van der Waals surface area contributed by atoms with Gasteiger partial charge in [0, 0.05) is 24.7 Å². The van der Waals surface area contributed by atoms with E-state index in [4.69, 9.17) is 5.73 Å². The lowest BCUT2D eigenvalue weighted by molar-refractivity contribution is -0.117. The number of carbonyl (C=O) groups excluding carboxylic acids is 1. The molecule has 2 N–H and O–H groups in total. The number of nitrogens with two attached hydrogens (primary N) is 1. The Balaban J connectivity index is 2.27. The number of hydrogen-bond donors (Lipinski definition) is 1. The topological polar surface area (TPSA) is 59.2 Å². The zero-order valence-electron chi connectivity index (χ0n) is 8.10. The number of pyridine rings is 1. The fourth-order valence-electron chi connectivity index (χ4n) is 1.64. The van der Waals surface area contributed by atoms with E-state index in [1.54, 1.807) is 4.90 Å². The number of anilines is 1. The van der Waals surface area contributed by atoms with E-state index in [1.807, 2.05) is 25.1 Å². The lowest BCUT2D eigenvalue weighted by Crippen LogP contribution is -2.28. The van der Waals surface area contributed by atoms with Crippen LogP contribution in [0, 0.1) is 6.92 Å². The molecule has 4 heteroatoms. The molecule has 1 aromatic heterocycles. The van der Waals surface area contributed by atoms with Gasteiger partial charge in [-0.25, -0.2) is 4.98 Å². The number of hydrogen-bond acceptors (Lipinski definition) is 3. The monoisotopic (exact) mass is 191 g/mol. The van der Waals surface area contributed by atoms with Crippen molar-refractivity contribution in [2.45, 2.75) is 19.4 Å². The Morgan fingerprint density at radius 1 is 1.57 bits per heavy atom. The van der Waals surface area contributed by atoms with Crippen molar-refractivity contribution in [3.63, 3.8) is 0 Å². The van der Waals surface area contributed by atoms with Gasteiger partial charge in [0.05, 0.1) is 0 Å². The molecule has 2 heterocycles. The number of aryl methyl sites for hydroxylation is 1. The Bertz CT molecular complexity index is 364. The summed E-state index contributed by atoms with van der Waals surface area (Å²) in [5.41, 5.74) is 6.61. The van der Waals surface area contributed by atoms with Crippen LogP contribution in [-0.4, -0.2) is 23.5 Å². The number of amides is 1. The first-order valence-corrected chi connectivity index (χ1v) is 4.66. The quantitative estimate of drug-likeness (QED) is 0.701. The first-order chi connectivity index (χ1) is 6.66. The second kappa shape index (κ2) is 3.38. The number of aromatic nitrogens is 1. The summed E-state index contributed by atoms with van der Waals surface area (Å²) in [7, 11) is 0. The lowest BCUT2D eigenvalue weighted by Gasteiger charge is -2.14. The fraction of sp³-hybridized carbons (Fsp3) is 0.400. The van der Waals surface area contributed by atoms with Crippen LogP contribution in [0.2, 0.25) is 0 Å². The van der Waals surface area contributed by atoms with E-state index in [0.29, 0.717) is 18.8 Å². The van der Waals surface area contributed by atoms with E-state index < -0.39 is 0 Å². The summed E-state index contributed by atoms with van der Waals surface area (Å²) in [4.78, 5) is 17.4. The molecule has 14 heavy (non-hydrogen) atoms. The molecule has 1 aliphatic rings. The molecule has 2 rings (SSSR count). The Morgan fingerprint density at radius 3 is 2.93 bits per heavy atom. The van der Waals surface area contributed by atoms with Crippen LogP contribution in [0.5, 0.6) is 0 Å². The van der Waals surface area contributed by atoms with E-state index in [1.165, 1.54) is 0 Å². The van der Waals surface area contributed by atoms with Crippen molar-refractivity contribution < 1.29 is 4.79 Å². The molecule has 0 aromatic carbocycles. The van der Waals surface area contributed by atoms with Crippen LogP contribution in [0.1, 0.15) is 12.1 Å². The highest BCUT2D eigenvalue weighted by molar-refractivity contribution is 5.95. The number of nitrogens with zero attached hydrogens (tertiary/aromatic N) is 2. The molecule has 1 aliphatic heterocycles. The zero-order chi connectivity index (χ0) is 10.1. The number of carbonyl (C=O) groups is 1. The molecule has 0 radical (unpaired) electrons. The van der Waals surface area contributed by atoms with Gasteiger partial charge in [0.1, 0.15) is 5.82 Å². The third kappa shape index (κ3) is 1.61. The predicted molar refractivity (Wildman–Crippen MR) is 53.9 cm³/mol. The summed E-state index contributed by atoms with van der Waals surface area (Å²) >= 11 is 0. The van der Waals surface area contributed by atoms with Gasteiger partial charge in [-0.3, -0.25) is 9.69 Å². The highest BCUT2D eigenvalue weighted by atomic mass is 16.2. The van der Waals surface area contributed by atoms with E-state index >= 15 is 0 Å². The Labute approximate surface area is 82.7 Å². The van der Waals surface area contributed by atoms with Crippen LogP contribution in [0.25, 0.3) is 0 Å². The predicted octanol–water partition coefficient (Wildman–Crippen LogP) is 0.454. The smallest absolute Gasteiger partial charge is 0.229 e. The van der Waals surface area contributed by atoms with Crippen molar-refractivity contribution in [3.8, 4) is 0 Å². The van der Waals surface area contributed by atoms with Crippen LogP contribution in [-0.2, 0) is 4.79 Å². The SMILES string of the molecule is Cc1cccc(N2CC(N)CC2=O)n1. The average molecular weight is 191 g/mol. The summed E-state index contributed by atoms with van der Waals surface area (Å²) in [6.45, 7) is 2.49. The van der Waals surface area contributed by atoms with Crippen molar-refractivity contribution >= 4 is 11.7 Å². The van der Waals surface area contributed by atoms with Gasteiger partial charge >= 0.3 is 0 Å². The molecule has 1 amide bonds. The van der Waals surface area contributed by atoms with Crippen molar-refractivity contribution in [2.75, 3.05) is 11.4 Å². The van der Waals surface area contributed by atoms with E-state index in [9.17, 15) is 4.79 Å². The van der Waals surface area contributed by atoms with Gasteiger partial charge in [-0.05, 0) is 19.1 Å². The second-order valence-electron chi connectivity index (χ2n) is 3.61. The Morgan fingerprint density at radius 2 is 2.36 bits per heavy atom. The van der Waals surface area contributed by atoms with Gasteiger partial charge in [0.2, 0.25) is 5.91 Å². The van der Waals surface area contributed by atoms with Crippen LogP contribution in [0.4, 0.5) is 5.82 Å². The maximum atomic E-state index is 11.5. The van der Waals surface area contributed by atoms with Crippen molar-refractivity contribution in [3.05, 3.63) is 23.9 Å². The molecule has 4 nitrogen and oxygen atoms in total. The summed E-state index contributed by atoms with van der Waals surface area (Å²) in [6, 6.07) is 5.59. The van der Waals surface area contributed by atoms with Gasteiger partial charge in [-0.1, -0.05) is 6.07 Å². The third-order valence-electron chi connectivity index (χ3n) is 2.31. The van der Waals surface area contributed by atoms with Crippen molar-refractivity contribution in [1.82, 2.24) is 4.98 Å². The Hall–Kier alpha value is -1.42. The molecular weight excluding hydrogens is 178 g/mol. The molecule has 1 aromatic rings. The van der Waals surface area contributed by atoms with Gasteiger partial charge in [0.25, 0.3) is 0 Å². The highest BCUT2D eigenvalue weighted by Crippen LogP contribution is 2.18.